The normalized spacial score (nSPS) is 21.5. The van der Waals surface area contributed by atoms with Gasteiger partial charge in [0.25, 0.3) is 0 Å². The highest BCUT2D eigenvalue weighted by Crippen LogP contribution is 2.37. The van der Waals surface area contributed by atoms with Gasteiger partial charge in [-0.25, -0.2) is 9.38 Å². The zero-order valence-electron chi connectivity index (χ0n) is 15.0. The molecule has 0 saturated heterocycles. The van der Waals surface area contributed by atoms with Crippen LogP contribution in [0, 0.1) is 11.7 Å². The van der Waals surface area contributed by atoms with E-state index < -0.39 is 11.4 Å². The highest BCUT2D eigenvalue weighted by atomic mass is 32.2. The van der Waals surface area contributed by atoms with Gasteiger partial charge < -0.3 is 21.6 Å². The molecule has 0 fully saturated rings. The van der Waals surface area contributed by atoms with E-state index in [-0.39, 0.29) is 35.0 Å². The second kappa shape index (κ2) is 7.90. The Morgan fingerprint density at radius 1 is 1.46 bits per heavy atom. The number of thioether (sulfide) groups is 1. The molecule has 6 nitrogen and oxygen atoms in total. The van der Waals surface area contributed by atoms with Crippen molar-refractivity contribution in [1.29, 1.82) is 0 Å². The van der Waals surface area contributed by atoms with Gasteiger partial charge in [0, 0.05) is 22.9 Å². The third-order valence-corrected chi connectivity index (χ3v) is 5.44. The number of carbonyl (C=O) groups excluding carboxylic acids is 2. The minimum atomic E-state index is -1.25. The number of nitrogens with two attached hydrogens (primary N) is 2. The van der Waals surface area contributed by atoms with E-state index in [9.17, 15) is 14.0 Å². The van der Waals surface area contributed by atoms with E-state index in [0.29, 0.717) is 12.0 Å². The van der Waals surface area contributed by atoms with Crippen molar-refractivity contribution in [3.05, 3.63) is 40.6 Å². The number of halogens is 1. The SMILES string of the molecule is CC1=CC(C(=O)Nc2ccc(F)c(C(C)(CC=O)N=C(N)N)c2)C(C)S1. The summed E-state index contributed by atoms with van der Waals surface area (Å²) >= 11 is 1.65. The summed E-state index contributed by atoms with van der Waals surface area (Å²) in [5.41, 5.74) is 10.2. The summed E-state index contributed by atoms with van der Waals surface area (Å²) in [6, 6.07) is 4.16. The summed E-state index contributed by atoms with van der Waals surface area (Å²) < 4.78 is 14.4. The van der Waals surface area contributed by atoms with Crippen LogP contribution in [0.4, 0.5) is 10.1 Å². The maximum Gasteiger partial charge on any atom is 0.232 e. The molecule has 140 valence electrons. The van der Waals surface area contributed by atoms with Gasteiger partial charge in [0.2, 0.25) is 5.91 Å². The fraction of sp³-hybridized carbons (Fsp3) is 0.389. The molecule has 3 unspecified atom stereocenters. The molecule has 0 radical (unpaired) electrons. The van der Waals surface area contributed by atoms with Crippen molar-refractivity contribution in [3.8, 4) is 0 Å². The lowest BCUT2D eigenvalue weighted by molar-refractivity contribution is -0.118. The first-order valence-corrected chi connectivity index (χ1v) is 9.04. The molecule has 1 aromatic carbocycles. The minimum absolute atomic E-state index is 0.0998. The molecule has 0 aliphatic carbocycles. The Morgan fingerprint density at radius 3 is 2.69 bits per heavy atom. The molecule has 1 heterocycles. The Kier molecular flexibility index (Phi) is 6.07. The minimum Gasteiger partial charge on any atom is -0.370 e. The van der Waals surface area contributed by atoms with Crippen molar-refractivity contribution in [3.63, 3.8) is 0 Å². The molecule has 1 aliphatic heterocycles. The number of carbonyl (C=O) groups is 2. The second-order valence-corrected chi connectivity index (χ2v) is 8.11. The Hall–Kier alpha value is -2.35. The molecule has 5 N–H and O–H groups in total. The van der Waals surface area contributed by atoms with Crippen LogP contribution in [0.1, 0.15) is 32.8 Å². The molecule has 1 aromatic rings. The van der Waals surface area contributed by atoms with Crippen LogP contribution in [0.3, 0.4) is 0 Å². The summed E-state index contributed by atoms with van der Waals surface area (Å²) in [5.74, 6) is -1.23. The summed E-state index contributed by atoms with van der Waals surface area (Å²) in [5, 5.41) is 2.94. The molecule has 1 amide bonds. The number of hydrogen-bond donors (Lipinski definition) is 3. The highest BCUT2D eigenvalue weighted by molar-refractivity contribution is 8.03. The standard InChI is InChI=1S/C18H23FN4O2S/c1-10-8-13(11(2)26-10)16(25)22-12-4-5-15(19)14(9-12)18(3,6-7-24)23-17(20)21/h4-5,7-9,11,13H,6H2,1-3H3,(H,22,25)(H4,20,21,23). The first-order chi connectivity index (χ1) is 12.2. The predicted molar refractivity (Wildman–Crippen MR) is 103 cm³/mol. The van der Waals surface area contributed by atoms with Crippen molar-refractivity contribution in [2.45, 2.75) is 38.0 Å². The van der Waals surface area contributed by atoms with E-state index in [1.165, 1.54) is 18.2 Å². The molecule has 26 heavy (non-hydrogen) atoms. The summed E-state index contributed by atoms with van der Waals surface area (Å²) in [6.45, 7) is 5.51. The quantitative estimate of drug-likeness (QED) is 0.400. The maximum atomic E-state index is 14.4. The molecule has 0 aromatic heterocycles. The average molecular weight is 378 g/mol. The molecule has 3 atom stereocenters. The third-order valence-electron chi connectivity index (χ3n) is 4.27. The molecule has 0 bridgehead atoms. The smallest absolute Gasteiger partial charge is 0.232 e. The van der Waals surface area contributed by atoms with Crippen molar-refractivity contribution in [1.82, 2.24) is 0 Å². The van der Waals surface area contributed by atoms with E-state index in [4.69, 9.17) is 11.5 Å². The number of aliphatic imine (C=N–C) groups is 1. The fourth-order valence-corrected chi connectivity index (χ4v) is 4.15. The largest absolute Gasteiger partial charge is 0.370 e. The number of nitrogens with zero attached hydrogens (tertiary/aromatic N) is 1. The first kappa shape index (κ1) is 20.0. The molecular formula is C18H23FN4O2S. The molecule has 8 heteroatoms. The van der Waals surface area contributed by atoms with Gasteiger partial charge in [-0.05, 0) is 37.0 Å². The molecule has 0 saturated carbocycles. The second-order valence-electron chi connectivity index (χ2n) is 6.49. The van der Waals surface area contributed by atoms with Crippen LogP contribution in [-0.2, 0) is 15.1 Å². The average Bonchev–Trinajstić information content (AvgIpc) is 2.87. The molecule has 0 spiro atoms. The van der Waals surface area contributed by atoms with Gasteiger partial charge >= 0.3 is 0 Å². The topological polar surface area (TPSA) is 111 Å². The fourth-order valence-electron chi connectivity index (χ4n) is 2.99. The number of anilines is 1. The number of rotatable bonds is 6. The number of guanidine groups is 1. The van der Waals surface area contributed by atoms with Crippen LogP contribution in [-0.4, -0.2) is 23.4 Å². The summed E-state index contributed by atoms with van der Waals surface area (Å²) in [7, 11) is 0. The van der Waals surface area contributed by atoms with Gasteiger partial charge in [0.1, 0.15) is 12.1 Å². The molecule has 2 rings (SSSR count). The van der Waals surface area contributed by atoms with Gasteiger partial charge in [-0.3, -0.25) is 4.79 Å². The van der Waals surface area contributed by atoms with Crippen molar-refractivity contribution >= 4 is 35.6 Å². The Balaban J connectivity index is 2.33. The predicted octanol–water partition coefficient (Wildman–Crippen LogP) is 2.50. The number of allylic oxidation sites excluding steroid dienone is 1. The number of benzene rings is 1. The van der Waals surface area contributed by atoms with Crippen molar-refractivity contribution in [2.24, 2.45) is 22.4 Å². The van der Waals surface area contributed by atoms with Gasteiger partial charge in [-0.1, -0.05) is 13.0 Å². The van der Waals surface area contributed by atoms with Crippen molar-refractivity contribution in [2.75, 3.05) is 5.32 Å². The number of nitrogens with one attached hydrogen (secondary N) is 1. The monoisotopic (exact) mass is 378 g/mol. The van der Waals surface area contributed by atoms with Crippen LogP contribution >= 0.6 is 11.8 Å². The zero-order chi connectivity index (χ0) is 19.5. The summed E-state index contributed by atoms with van der Waals surface area (Å²) in [6.07, 6.45) is 2.45. The van der Waals surface area contributed by atoms with Gasteiger partial charge in [-0.15, -0.1) is 11.8 Å². The lowest BCUT2D eigenvalue weighted by atomic mass is 9.89. The highest BCUT2D eigenvalue weighted by Gasteiger charge is 2.31. The van der Waals surface area contributed by atoms with E-state index in [1.807, 2.05) is 19.9 Å². The lowest BCUT2D eigenvalue weighted by Crippen LogP contribution is -2.31. The van der Waals surface area contributed by atoms with Crippen LogP contribution in [0.15, 0.2) is 34.2 Å². The molecular weight excluding hydrogens is 355 g/mol. The van der Waals surface area contributed by atoms with Crippen molar-refractivity contribution < 1.29 is 14.0 Å². The zero-order valence-corrected chi connectivity index (χ0v) is 15.8. The third kappa shape index (κ3) is 4.43. The van der Waals surface area contributed by atoms with E-state index >= 15 is 0 Å². The van der Waals surface area contributed by atoms with Crippen LogP contribution in [0.2, 0.25) is 0 Å². The van der Waals surface area contributed by atoms with Gasteiger partial charge in [0.05, 0.1) is 11.5 Å². The van der Waals surface area contributed by atoms with Crippen LogP contribution < -0.4 is 16.8 Å². The number of amides is 1. The number of hydrogen-bond acceptors (Lipinski definition) is 4. The Bertz CT molecular complexity index is 776. The van der Waals surface area contributed by atoms with Gasteiger partial charge in [-0.2, -0.15) is 0 Å². The van der Waals surface area contributed by atoms with E-state index in [2.05, 4.69) is 10.3 Å². The van der Waals surface area contributed by atoms with E-state index in [1.54, 1.807) is 18.7 Å². The van der Waals surface area contributed by atoms with Crippen LogP contribution in [0.25, 0.3) is 0 Å². The van der Waals surface area contributed by atoms with Crippen LogP contribution in [0.5, 0.6) is 0 Å². The molecule has 1 aliphatic rings. The van der Waals surface area contributed by atoms with E-state index in [0.717, 1.165) is 4.91 Å². The summed E-state index contributed by atoms with van der Waals surface area (Å²) in [4.78, 5) is 28.7. The Morgan fingerprint density at radius 2 is 2.15 bits per heavy atom. The Labute approximate surface area is 156 Å². The maximum absolute atomic E-state index is 14.4. The van der Waals surface area contributed by atoms with Gasteiger partial charge in [0.15, 0.2) is 5.96 Å². The first-order valence-electron chi connectivity index (χ1n) is 8.16. The lowest BCUT2D eigenvalue weighted by Gasteiger charge is -2.25. The number of aldehydes is 1.